The molecular formula is C14H17N3O5S. The zero-order chi connectivity index (χ0) is 17.0. The number of amides is 2. The Kier molecular flexibility index (Phi) is 4.89. The van der Waals surface area contributed by atoms with Gasteiger partial charge in [-0.05, 0) is 24.6 Å². The third kappa shape index (κ3) is 3.45. The van der Waals surface area contributed by atoms with E-state index in [-0.39, 0.29) is 16.5 Å². The summed E-state index contributed by atoms with van der Waals surface area (Å²) in [6, 6.07) is 4.43. The molecule has 0 spiro atoms. The first-order valence-corrected chi connectivity index (χ1v) is 8.35. The third-order valence-electron chi connectivity index (χ3n) is 3.30. The van der Waals surface area contributed by atoms with E-state index in [2.05, 4.69) is 10.2 Å². The highest BCUT2D eigenvalue weighted by Crippen LogP contribution is 2.17. The van der Waals surface area contributed by atoms with Gasteiger partial charge >= 0.3 is 12.0 Å². The minimum atomic E-state index is -4.22. The predicted octanol–water partition coefficient (Wildman–Crippen LogP) is 0.984. The van der Waals surface area contributed by atoms with Gasteiger partial charge < -0.3 is 10.2 Å². The van der Waals surface area contributed by atoms with Crippen LogP contribution in [0.4, 0.5) is 4.79 Å². The van der Waals surface area contributed by atoms with E-state index in [0.29, 0.717) is 6.42 Å². The molecule has 2 amide bonds. The number of hydrogen-bond donors (Lipinski definition) is 2. The Balaban J connectivity index is 2.26. The van der Waals surface area contributed by atoms with Crippen molar-refractivity contribution in [2.45, 2.75) is 24.3 Å². The highest BCUT2D eigenvalue weighted by Gasteiger charge is 2.30. The summed E-state index contributed by atoms with van der Waals surface area (Å²) in [6.07, 6.45) is 3.92. The lowest BCUT2D eigenvalue weighted by Crippen LogP contribution is -2.49. The average Bonchev–Trinajstić information content (AvgIpc) is 3.02. The maximum Gasteiger partial charge on any atom is 0.350 e. The van der Waals surface area contributed by atoms with Gasteiger partial charge in [0.15, 0.2) is 0 Å². The molecule has 1 aliphatic rings. The molecule has 1 aromatic rings. The van der Waals surface area contributed by atoms with Gasteiger partial charge in [0.25, 0.3) is 10.0 Å². The predicted molar refractivity (Wildman–Crippen MR) is 81.7 cm³/mol. The van der Waals surface area contributed by atoms with E-state index in [4.69, 9.17) is 0 Å². The van der Waals surface area contributed by atoms with Crippen molar-refractivity contribution in [3.8, 4) is 0 Å². The zero-order valence-electron chi connectivity index (χ0n) is 12.6. The van der Waals surface area contributed by atoms with Gasteiger partial charge in [-0.3, -0.25) is 0 Å². The van der Waals surface area contributed by atoms with Crippen molar-refractivity contribution in [1.82, 2.24) is 15.2 Å². The molecule has 0 aliphatic carbocycles. The van der Waals surface area contributed by atoms with Gasteiger partial charge in [-0.1, -0.05) is 19.1 Å². The molecule has 0 saturated carbocycles. The second-order valence-corrected chi connectivity index (χ2v) is 6.38. The second kappa shape index (κ2) is 6.69. The SMILES string of the molecule is CCC1C=CNN1C(=O)NS(=O)(=O)c1ccccc1C(=O)OC. The van der Waals surface area contributed by atoms with E-state index in [9.17, 15) is 18.0 Å². The van der Waals surface area contributed by atoms with Crippen LogP contribution in [-0.4, -0.2) is 38.6 Å². The highest BCUT2D eigenvalue weighted by molar-refractivity contribution is 7.90. The molecule has 1 aliphatic heterocycles. The molecule has 0 radical (unpaired) electrons. The molecule has 0 saturated heterocycles. The summed E-state index contributed by atoms with van der Waals surface area (Å²) < 4.78 is 31.4. The number of carbonyl (C=O) groups excluding carboxylic acids is 2. The van der Waals surface area contributed by atoms with E-state index in [1.807, 2.05) is 11.6 Å². The lowest BCUT2D eigenvalue weighted by Gasteiger charge is -2.23. The number of benzene rings is 1. The fourth-order valence-electron chi connectivity index (χ4n) is 2.14. The summed E-state index contributed by atoms with van der Waals surface area (Å²) in [5, 5.41) is 1.16. The lowest BCUT2D eigenvalue weighted by atomic mass is 10.2. The Morgan fingerprint density at radius 2 is 2.04 bits per heavy atom. The number of hydrogen-bond acceptors (Lipinski definition) is 6. The van der Waals surface area contributed by atoms with Crippen molar-refractivity contribution in [1.29, 1.82) is 0 Å². The summed E-state index contributed by atoms with van der Waals surface area (Å²) in [4.78, 5) is 23.5. The van der Waals surface area contributed by atoms with Gasteiger partial charge in [-0.15, -0.1) is 0 Å². The molecule has 124 valence electrons. The number of nitrogens with one attached hydrogen (secondary N) is 2. The first-order chi connectivity index (χ1) is 10.9. The Hall–Kier alpha value is -2.55. The first-order valence-electron chi connectivity index (χ1n) is 6.87. The molecular weight excluding hydrogens is 322 g/mol. The molecule has 0 aromatic heterocycles. The Morgan fingerprint density at radius 1 is 1.35 bits per heavy atom. The van der Waals surface area contributed by atoms with Gasteiger partial charge in [0.1, 0.15) is 4.90 Å². The van der Waals surface area contributed by atoms with Crippen molar-refractivity contribution >= 4 is 22.0 Å². The standard InChI is InChI=1S/C14H17N3O5S/c1-3-10-8-9-15-17(10)14(19)16-23(20,21)12-7-5-4-6-11(12)13(18)22-2/h4-10,15H,3H2,1-2H3,(H,16,19). The van der Waals surface area contributed by atoms with Crippen LogP contribution in [0.15, 0.2) is 41.4 Å². The fraction of sp³-hybridized carbons (Fsp3) is 0.286. The van der Waals surface area contributed by atoms with Crippen molar-refractivity contribution in [2.75, 3.05) is 7.11 Å². The number of methoxy groups -OCH3 is 1. The number of sulfonamides is 1. The third-order valence-corrected chi connectivity index (χ3v) is 4.68. The maximum atomic E-state index is 12.4. The van der Waals surface area contributed by atoms with Crippen LogP contribution >= 0.6 is 0 Å². The minimum absolute atomic E-state index is 0.144. The number of carbonyl (C=O) groups is 2. The van der Waals surface area contributed by atoms with E-state index < -0.39 is 22.0 Å². The molecule has 2 N–H and O–H groups in total. The van der Waals surface area contributed by atoms with Gasteiger partial charge in [0.05, 0.1) is 18.7 Å². The highest BCUT2D eigenvalue weighted by atomic mass is 32.2. The van der Waals surface area contributed by atoms with Crippen LogP contribution in [0.2, 0.25) is 0 Å². The average molecular weight is 339 g/mol. The summed E-state index contributed by atoms with van der Waals surface area (Å²) >= 11 is 0. The van der Waals surface area contributed by atoms with Crippen LogP contribution in [0, 0.1) is 0 Å². The first kappa shape index (κ1) is 16.8. The van der Waals surface area contributed by atoms with E-state index in [1.165, 1.54) is 24.3 Å². The number of ether oxygens (including phenoxy) is 1. The van der Waals surface area contributed by atoms with Crippen LogP contribution in [-0.2, 0) is 14.8 Å². The number of rotatable bonds is 4. The monoisotopic (exact) mass is 339 g/mol. The summed E-state index contributed by atoms with van der Waals surface area (Å²) in [7, 11) is -3.08. The number of nitrogens with zero attached hydrogens (tertiary/aromatic N) is 1. The zero-order valence-corrected chi connectivity index (χ0v) is 13.5. The Bertz CT molecular complexity index is 745. The molecule has 0 bridgehead atoms. The van der Waals surface area contributed by atoms with E-state index >= 15 is 0 Å². The van der Waals surface area contributed by atoms with Gasteiger partial charge in [-0.2, -0.15) is 0 Å². The van der Waals surface area contributed by atoms with E-state index in [0.717, 1.165) is 12.1 Å². The van der Waals surface area contributed by atoms with Crippen LogP contribution in [0.5, 0.6) is 0 Å². The minimum Gasteiger partial charge on any atom is -0.465 e. The van der Waals surface area contributed by atoms with E-state index in [1.54, 1.807) is 12.3 Å². The lowest BCUT2D eigenvalue weighted by molar-refractivity contribution is 0.0596. The molecule has 1 heterocycles. The maximum absolute atomic E-state index is 12.4. The van der Waals surface area contributed by atoms with Gasteiger partial charge in [-0.25, -0.2) is 27.7 Å². The Morgan fingerprint density at radius 3 is 2.70 bits per heavy atom. The summed E-state index contributed by atoms with van der Waals surface area (Å²) in [6.45, 7) is 1.86. The van der Waals surface area contributed by atoms with Gasteiger partial charge in [0.2, 0.25) is 0 Å². The smallest absolute Gasteiger partial charge is 0.350 e. The molecule has 2 rings (SSSR count). The van der Waals surface area contributed by atoms with Crippen LogP contribution < -0.4 is 10.1 Å². The second-order valence-electron chi connectivity index (χ2n) is 4.73. The van der Waals surface area contributed by atoms with Crippen molar-refractivity contribution < 1.29 is 22.7 Å². The topological polar surface area (TPSA) is 105 Å². The number of urea groups is 1. The van der Waals surface area contributed by atoms with Crippen LogP contribution in [0.3, 0.4) is 0 Å². The van der Waals surface area contributed by atoms with Crippen LogP contribution in [0.25, 0.3) is 0 Å². The van der Waals surface area contributed by atoms with Gasteiger partial charge in [0, 0.05) is 6.20 Å². The summed E-state index contributed by atoms with van der Waals surface area (Å²) in [5.74, 6) is -0.800. The summed E-state index contributed by atoms with van der Waals surface area (Å²) in [5.41, 5.74) is 2.52. The molecule has 1 aromatic carbocycles. The van der Waals surface area contributed by atoms with Crippen molar-refractivity contribution in [3.63, 3.8) is 0 Å². The Labute approximate surface area is 134 Å². The molecule has 1 unspecified atom stereocenters. The molecule has 0 fully saturated rings. The quantitative estimate of drug-likeness (QED) is 0.793. The van der Waals surface area contributed by atoms with Crippen molar-refractivity contribution in [2.24, 2.45) is 0 Å². The molecule has 1 atom stereocenters. The number of esters is 1. The van der Waals surface area contributed by atoms with Crippen LogP contribution in [0.1, 0.15) is 23.7 Å². The fourth-order valence-corrected chi connectivity index (χ4v) is 3.28. The molecule has 23 heavy (non-hydrogen) atoms. The molecule has 9 heteroatoms. The molecule has 8 nitrogen and oxygen atoms in total. The number of hydrazine groups is 1. The van der Waals surface area contributed by atoms with Crippen molar-refractivity contribution in [3.05, 3.63) is 42.1 Å². The normalized spacial score (nSPS) is 16.8. The largest absolute Gasteiger partial charge is 0.465 e.